The molecule has 2 aromatic carbocycles. The number of hydrogen-bond donors (Lipinski definition) is 1. The van der Waals surface area contributed by atoms with E-state index in [1.807, 2.05) is 24.3 Å². The van der Waals surface area contributed by atoms with Crippen molar-refractivity contribution in [3.63, 3.8) is 0 Å². The highest BCUT2D eigenvalue weighted by atomic mass is 127. The van der Waals surface area contributed by atoms with Crippen LogP contribution in [0.5, 0.6) is 0 Å². The van der Waals surface area contributed by atoms with E-state index in [-0.39, 0.29) is 5.91 Å². The number of benzene rings is 2. The SMILES string of the molecule is COC(=O)C(NC(=O)c1ccc(I)cc1)c1ccc(Br)cc1. The zero-order valence-electron chi connectivity index (χ0n) is 11.7. The minimum absolute atomic E-state index is 0.324. The molecule has 4 nitrogen and oxygen atoms in total. The first-order valence-electron chi connectivity index (χ1n) is 6.41. The van der Waals surface area contributed by atoms with Crippen LogP contribution in [0.1, 0.15) is 22.0 Å². The van der Waals surface area contributed by atoms with Gasteiger partial charge in [-0.3, -0.25) is 4.79 Å². The summed E-state index contributed by atoms with van der Waals surface area (Å²) in [5, 5.41) is 2.71. The van der Waals surface area contributed by atoms with E-state index in [2.05, 4.69) is 43.8 Å². The Bertz CT molecular complexity index is 671. The predicted octanol–water partition coefficient (Wildman–Crippen LogP) is 3.70. The number of nitrogens with one attached hydrogen (secondary N) is 1. The number of amides is 1. The van der Waals surface area contributed by atoms with E-state index in [0.717, 1.165) is 8.04 Å². The molecule has 1 unspecified atom stereocenters. The van der Waals surface area contributed by atoms with Gasteiger partial charge < -0.3 is 10.1 Å². The monoisotopic (exact) mass is 473 g/mol. The highest BCUT2D eigenvalue weighted by Crippen LogP contribution is 2.19. The normalized spacial score (nSPS) is 11.6. The minimum Gasteiger partial charge on any atom is -0.467 e. The second kappa shape index (κ2) is 7.73. The van der Waals surface area contributed by atoms with Gasteiger partial charge in [0.15, 0.2) is 6.04 Å². The van der Waals surface area contributed by atoms with Crippen molar-refractivity contribution < 1.29 is 14.3 Å². The first-order chi connectivity index (χ1) is 10.5. The largest absolute Gasteiger partial charge is 0.467 e. The molecular formula is C16H13BrINO3. The van der Waals surface area contributed by atoms with Gasteiger partial charge in [0.25, 0.3) is 5.91 Å². The molecule has 0 heterocycles. The molecule has 0 bridgehead atoms. The van der Waals surface area contributed by atoms with E-state index in [1.54, 1.807) is 24.3 Å². The maximum Gasteiger partial charge on any atom is 0.333 e. The molecule has 0 fully saturated rings. The number of halogens is 2. The van der Waals surface area contributed by atoms with E-state index in [9.17, 15) is 9.59 Å². The van der Waals surface area contributed by atoms with Gasteiger partial charge in [0.05, 0.1) is 7.11 Å². The maximum absolute atomic E-state index is 12.3. The smallest absolute Gasteiger partial charge is 0.333 e. The summed E-state index contributed by atoms with van der Waals surface area (Å²) in [6.07, 6.45) is 0. The number of carbonyl (C=O) groups is 2. The van der Waals surface area contributed by atoms with Crippen molar-refractivity contribution in [3.8, 4) is 0 Å². The van der Waals surface area contributed by atoms with Gasteiger partial charge in [-0.1, -0.05) is 28.1 Å². The lowest BCUT2D eigenvalue weighted by molar-refractivity contribution is -0.143. The van der Waals surface area contributed by atoms with Gasteiger partial charge in [0, 0.05) is 13.6 Å². The molecule has 1 amide bonds. The quantitative estimate of drug-likeness (QED) is 0.544. The molecule has 0 aliphatic heterocycles. The number of rotatable bonds is 4. The van der Waals surface area contributed by atoms with Crippen LogP contribution in [-0.2, 0) is 9.53 Å². The molecule has 0 spiro atoms. The van der Waals surface area contributed by atoms with Gasteiger partial charge in [-0.15, -0.1) is 0 Å². The topological polar surface area (TPSA) is 55.4 Å². The highest BCUT2D eigenvalue weighted by Gasteiger charge is 2.24. The van der Waals surface area contributed by atoms with Crippen LogP contribution in [0.4, 0.5) is 0 Å². The van der Waals surface area contributed by atoms with Crippen LogP contribution >= 0.6 is 38.5 Å². The van der Waals surface area contributed by atoms with Crippen LogP contribution < -0.4 is 5.32 Å². The maximum atomic E-state index is 12.3. The van der Waals surface area contributed by atoms with Crippen molar-refractivity contribution in [2.24, 2.45) is 0 Å². The molecule has 2 rings (SSSR count). The Kier molecular flexibility index (Phi) is 5.96. The summed E-state index contributed by atoms with van der Waals surface area (Å²) in [6.45, 7) is 0. The van der Waals surface area contributed by atoms with E-state index < -0.39 is 12.0 Å². The zero-order valence-corrected chi connectivity index (χ0v) is 15.4. The highest BCUT2D eigenvalue weighted by molar-refractivity contribution is 14.1. The van der Waals surface area contributed by atoms with Gasteiger partial charge in [-0.05, 0) is 64.6 Å². The number of methoxy groups -OCH3 is 1. The minimum atomic E-state index is -0.843. The molecule has 22 heavy (non-hydrogen) atoms. The summed E-state index contributed by atoms with van der Waals surface area (Å²) in [5.74, 6) is -0.837. The summed E-state index contributed by atoms with van der Waals surface area (Å²) < 4.78 is 6.71. The van der Waals surface area contributed by atoms with Crippen LogP contribution in [0.2, 0.25) is 0 Å². The van der Waals surface area contributed by atoms with Crippen molar-refractivity contribution >= 4 is 50.4 Å². The fourth-order valence-corrected chi connectivity index (χ4v) is 2.49. The van der Waals surface area contributed by atoms with E-state index in [1.165, 1.54) is 7.11 Å². The number of carbonyl (C=O) groups excluding carboxylic acids is 2. The Labute approximate surface area is 150 Å². The first kappa shape index (κ1) is 17.0. The molecule has 0 saturated carbocycles. The summed E-state index contributed by atoms with van der Waals surface area (Å²) in [7, 11) is 1.30. The van der Waals surface area contributed by atoms with E-state index in [0.29, 0.717) is 11.1 Å². The van der Waals surface area contributed by atoms with Gasteiger partial charge in [0.2, 0.25) is 0 Å². The Balaban J connectivity index is 2.23. The van der Waals surface area contributed by atoms with Gasteiger partial charge >= 0.3 is 5.97 Å². The van der Waals surface area contributed by atoms with Crippen molar-refractivity contribution in [2.75, 3.05) is 7.11 Å². The van der Waals surface area contributed by atoms with Crippen LogP contribution in [0.3, 0.4) is 0 Å². The van der Waals surface area contributed by atoms with Gasteiger partial charge in [-0.25, -0.2) is 4.79 Å². The van der Waals surface area contributed by atoms with Crippen LogP contribution in [0.25, 0.3) is 0 Å². The number of hydrogen-bond acceptors (Lipinski definition) is 3. The van der Waals surface area contributed by atoms with Crippen LogP contribution in [0.15, 0.2) is 53.0 Å². The Morgan fingerprint density at radius 1 is 1.09 bits per heavy atom. The molecular weight excluding hydrogens is 461 g/mol. The molecule has 2 aromatic rings. The third-order valence-corrected chi connectivity index (χ3v) is 4.27. The van der Waals surface area contributed by atoms with Crippen LogP contribution in [0, 0.1) is 3.57 Å². The van der Waals surface area contributed by atoms with Crippen molar-refractivity contribution in [1.82, 2.24) is 5.32 Å². The Morgan fingerprint density at radius 2 is 1.68 bits per heavy atom. The molecule has 0 saturated heterocycles. The van der Waals surface area contributed by atoms with Gasteiger partial charge in [0.1, 0.15) is 0 Å². The lowest BCUT2D eigenvalue weighted by atomic mass is 10.1. The predicted molar refractivity (Wildman–Crippen MR) is 95.5 cm³/mol. The first-order valence-corrected chi connectivity index (χ1v) is 8.28. The molecule has 0 aliphatic rings. The molecule has 1 atom stereocenters. The lowest BCUT2D eigenvalue weighted by Gasteiger charge is -2.17. The molecule has 1 N–H and O–H groups in total. The third kappa shape index (κ3) is 4.30. The fraction of sp³-hybridized carbons (Fsp3) is 0.125. The zero-order chi connectivity index (χ0) is 16.1. The lowest BCUT2D eigenvalue weighted by Crippen LogP contribution is -2.34. The van der Waals surface area contributed by atoms with Crippen molar-refractivity contribution in [2.45, 2.75) is 6.04 Å². The molecule has 0 aliphatic carbocycles. The average Bonchev–Trinajstić information content (AvgIpc) is 2.53. The summed E-state index contributed by atoms with van der Waals surface area (Å²) in [5.41, 5.74) is 1.15. The number of esters is 1. The van der Waals surface area contributed by atoms with Crippen molar-refractivity contribution in [3.05, 3.63) is 67.7 Å². The molecule has 0 radical (unpaired) electrons. The molecule has 6 heteroatoms. The molecule has 0 aromatic heterocycles. The third-order valence-electron chi connectivity index (χ3n) is 3.02. The second-order valence-electron chi connectivity index (χ2n) is 4.49. The Hall–Kier alpha value is -1.41. The second-order valence-corrected chi connectivity index (χ2v) is 6.65. The molecule has 114 valence electrons. The summed E-state index contributed by atoms with van der Waals surface area (Å²) in [4.78, 5) is 24.3. The van der Waals surface area contributed by atoms with Crippen molar-refractivity contribution in [1.29, 1.82) is 0 Å². The van der Waals surface area contributed by atoms with Crippen LogP contribution in [-0.4, -0.2) is 19.0 Å². The van der Waals surface area contributed by atoms with Gasteiger partial charge in [-0.2, -0.15) is 0 Å². The average molecular weight is 474 g/mol. The summed E-state index contributed by atoms with van der Waals surface area (Å²) in [6, 6.07) is 13.4. The van der Waals surface area contributed by atoms with E-state index >= 15 is 0 Å². The number of ether oxygens (including phenoxy) is 1. The fourth-order valence-electron chi connectivity index (χ4n) is 1.87. The summed E-state index contributed by atoms with van der Waals surface area (Å²) >= 11 is 5.50. The standard InChI is InChI=1S/C16H13BrINO3/c1-22-16(21)14(10-2-6-12(17)7-3-10)19-15(20)11-4-8-13(18)9-5-11/h2-9,14H,1H3,(H,19,20). The van der Waals surface area contributed by atoms with E-state index in [4.69, 9.17) is 4.74 Å². The Morgan fingerprint density at radius 3 is 2.23 bits per heavy atom.